The lowest BCUT2D eigenvalue weighted by Crippen LogP contribution is -2.42. The first-order valence-corrected chi connectivity index (χ1v) is 13.4. The van der Waals surface area contributed by atoms with Crippen molar-refractivity contribution < 1.29 is 0 Å². The average Bonchev–Trinajstić information content (AvgIpc) is 3.07. The molecule has 3 nitrogen and oxygen atoms in total. The van der Waals surface area contributed by atoms with Crippen molar-refractivity contribution in [3.63, 3.8) is 0 Å². The summed E-state index contributed by atoms with van der Waals surface area (Å²) in [7, 11) is 2.44. The molecule has 5 fully saturated rings. The Balaban J connectivity index is 1.26. The molecule has 5 rings (SSSR count). The van der Waals surface area contributed by atoms with Crippen LogP contribution in [0.2, 0.25) is 0 Å². The van der Waals surface area contributed by atoms with E-state index in [1.165, 1.54) is 109 Å². The van der Waals surface area contributed by atoms with E-state index in [0.717, 1.165) is 41.9 Å². The SMILES string of the molecule is CN1C2CCCCC2C2CC(C=NN(C3CCCCC3)C3CCCCC3)CCC21. The third-order valence-electron chi connectivity index (χ3n) is 9.59. The maximum absolute atomic E-state index is 5.33. The molecular weight excluding hydrogens is 354 g/mol. The monoisotopic (exact) mass is 399 g/mol. The van der Waals surface area contributed by atoms with Crippen LogP contribution in [0.25, 0.3) is 0 Å². The quantitative estimate of drug-likeness (QED) is 0.412. The van der Waals surface area contributed by atoms with Crippen molar-refractivity contribution in [3.8, 4) is 0 Å². The van der Waals surface area contributed by atoms with E-state index in [-0.39, 0.29) is 0 Å². The van der Waals surface area contributed by atoms with Gasteiger partial charge < -0.3 is 0 Å². The van der Waals surface area contributed by atoms with Crippen LogP contribution in [0.15, 0.2) is 5.10 Å². The Kier molecular flexibility index (Phi) is 6.51. The molecule has 4 saturated carbocycles. The molecule has 29 heavy (non-hydrogen) atoms. The van der Waals surface area contributed by atoms with E-state index in [0.29, 0.717) is 0 Å². The van der Waals surface area contributed by atoms with Gasteiger partial charge in [-0.2, -0.15) is 5.10 Å². The second-order valence-corrected chi connectivity index (χ2v) is 11.2. The van der Waals surface area contributed by atoms with Gasteiger partial charge in [0.05, 0.1) is 0 Å². The number of hydrazone groups is 1. The highest BCUT2D eigenvalue weighted by atomic mass is 15.5. The third kappa shape index (κ3) is 4.27. The van der Waals surface area contributed by atoms with Crippen LogP contribution in [0.1, 0.15) is 109 Å². The molecule has 0 aromatic rings. The summed E-state index contributed by atoms with van der Waals surface area (Å²) in [6.45, 7) is 0. The summed E-state index contributed by atoms with van der Waals surface area (Å²) in [5.74, 6) is 2.68. The lowest BCUT2D eigenvalue weighted by Gasteiger charge is -2.40. The summed E-state index contributed by atoms with van der Waals surface area (Å²) in [6.07, 6.45) is 26.7. The molecule has 1 heterocycles. The van der Waals surface area contributed by atoms with E-state index in [9.17, 15) is 0 Å². The standard InChI is InChI=1S/C26H45N3/c1-28-25-15-9-8-14-23(25)24-18-20(16-17-26(24)28)19-27-29(21-10-4-2-5-11-21)22-12-6-3-7-13-22/h19-26H,2-18H2,1H3. The largest absolute Gasteiger partial charge is 0.300 e. The zero-order valence-electron chi connectivity index (χ0n) is 19.0. The number of rotatable bonds is 4. The number of hydrogen-bond donors (Lipinski definition) is 0. The first-order chi connectivity index (χ1) is 14.3. The molecule has 3 heteroatoms. The minimum Gasteiger partial charge on any atom is -0.300 e. The normalized spacial score (nSPS) is 40.1. The first kappa shape index (κ1) is 20.3. The number of likely N-dealkylation sites (tertiary alicyclic amines) is 1. The fourth-order valence-corrected chi connectivity index (χ4v) is 8.06. The van der Waals surface area contributed by atoms with Crippen molar-refractivity contribution in [3.05, 3.63) is 0 Å². The predicted molar refractivity (Wildman–Crippen MR) is 122 cm³/mol. The van der Waals surface area contributed by atoms with Gasteiger partial charge in [-0.1, -0.05) is 51.4 Å². The fraction of sp³-hybridized carbons (Fsp3) is 0.962. The second-order valence-electron chi connectivity index (χ2n) is 11.2. The van der Waals surface area contributed by atoms with Crippen molar-refractivity contribution >= 4 is 6.21 Å². The Labute approximate surface area is 179 Å². The van der Waals surface area contributed by atoms with Crippen molar-refractivity contribution in [2.24, 2.45) is 22.9 Å². The highest BCUT2D eigenvalue weighted by Crippen LogP contribution is 2.49. The highest BCUT2D eigenvalue weighted by molar-refractivity contribution is 5.60. The fourth-order valence-electron chi connectivity index (χ4n) is 8.06. The van der Waals surface area contributed by atoms with Gasteiger partial charge in [-0.3, -0.25) is 9.91 Å². The van der Waals surface area contributed by atoms with Gasteiger partial charge in [-0.15, -0.1) is 0 Å². The summed E-state index contributed by atoms with van der Waals surface area (Å²) in [5.41, 5.74) is 0. The van der Waals surface area contributed by atoms with E-state index >= 15 is 0 Å². The van der Waals surface area contributed by atoms with E-state index in [1.807, 2.05) is 0 Å². The zero-order valence-corrected chi connectivity index (χ0v) is 19.0. The Morgan fingerprint density at radius 2 is 1.24 bits per heavy atom. The summed E-state index contributed by atoms with van der Waals surface area (Å²) < 4.78 is 0. The molecule has 4 aliphatic carbocycles. The second kappa shape index (κ2) is 9.28. The highest BCUT2D eigenvalue weighted by Gasteiger charge is 2.49. The van der Waals surface area contributed by atoms with Gasteiger partial charge in [0.2, 0.25) is 0 Å². The molecule has 0 bridgehead atoms. The van der Waals surface area contributed by atoms with Gasteiger partial charge in [0.1, 0.15) is 0 Å². The topological polar surface area (TPSA) is 18.8 Å². The molecule has 0 aromatic carbocycles. The summed E-state index contributed by atoms with van der Waals surface area (Å²) >= 11 is 0. The van der Waals surface area contributed by atoms with E-state index < -0.39 is 0 Å². The van der Waals surface area contributed by atoms with Crippen LogP contribution in [0, 0.1) is 17.8 Å². The van der Waals surface area contributed by atoms with Crippen LogP contribution in [0.4, 0.5) is 0 Å². The lowest BCUT2D eigenvalue weighted by molar-refractivity contribution is 0.0841. The minimum atomic E-state index is 0.736. The van der Waals surface area contributed by atoms with Gasteiger partial charge in [-0.25, -0.2) is 0 Å². The molecular formula is C26H45N3. The smallest absolute Gasteiger partial charge is 0.0473 e. The minimum absolute atomic E-state index is 0.736. The van der Waals surface area contributed by atoms with Crippen LogP contribution in [-0.4, -0.2) is 47.3 Å². The van der Waals surface area contributed by atoms with E-state index in [4.69, 9.17) is 5.10 Å². The summed E-state index contributed by atoms with van der Waals surface area (Å²) in [5, 5.41) is 7.97. The molecule has 0 N–H and O–H groups in total. The molecule has 0 aromatic heterocycles. The van der Waals surface area contributed by atoms with Crippen LogP contribution < -0.4 is 0 Å². The maximum atomic E-state index is 5.33. The van der Waals surface area contributed by atoms with E-state index in [1.54, 1.807) is 0 Å². The van der Waals surface area contributed by atoms with Crippen molar-refractivity contribution in [1.82, 2.24) is 9.91 Å². The Bertz CT molecular complexity index is 530. The van der Waals surface area contributed by atoms with Gasteiger partial charge in [-0.05, 0) is 82.6 Å². The Morgan fingerprint density at radius 3 is 1.93 bits per heavy atom. The van der Waals surface area contributed by atoms with E-state index in [2.05, 4.69) is 23.2 Å². The van der Waals surface area contributed by atoms with Crippen LogP contribution in [0.5, 0.6) is 0 Å². The molecule has 164 valence electrons. The zero-order chi connectivity index (χ0) is 19.6. The lowest BCUT2D eigenvalue weighted by atomic mass is 9.70. The van der Waals surface area contributed by atoms with Crippen molar-refractivity contribution in [2.45, 2.75) is 133 Å². The molecule has 5 aliphatic rings. The average molecular weight is 400 g/mol. The summed E-state index contributed by atoms with van der Waals surface area (Å²) in [4.78, 5) is 2.80. The maximum Gasteiger partial charge on any atom is 0.0473 e. The van der Waals surface area contributed by atoms with Gasteiger partial charge in [0.25, 0.3) is 0 Å². The molecule has 0 radical (unpaired) electrons. The van der Waals surface area contributed by atoms with Gasteiger partial charge in [0.15, 0.2) is 0 Å². The van der Waals surface area contributed by atoms with Gasteiger partial charge in [0, 0.05) is 30.4 Å². The molecule has 1 aliphatic heterocycles. The van der Waals surface area contributed by atoms with Crippen LogP contribution in [0.3, 0.4) is 0 Å². The predicted octanol–water partition coefficient (Wildman–Crippen LogP) is 6.23. The Hall–Kier alpha value is -0.570. The van der Waals surface area contributed by atoms with Crippen LogP contribution in [-0.2, 0) is 0 Å². The van der Waals surface area contributed by atoms with Crippen molar-refractivity contribution in [2.75, 3.05) is 7.05 Å². The number of nitrogens with zero attached hydrogens (tertiary/aromatic N) is 3. The number of fused-ring (bicyclic) bond motifs is 3. The number of hydrogen-bond acceptors (Lipinski definition) is 3. The molecule has 5 atom stereocenters. The summed E-state index contributed by atoms with van der Waals surface area (Å²) in [6, 6.07) is 3.25. The third-order valence-corrected chi connectivity index (χ3v) is 9.59. The molecule has 0 amide bonds. The van der Waals surface area contributed by atoms with Gasteiger partial charge >= 0.3 is 0 Å². The molecule has 1 saturated heterocycles. The van der Waals surface area contributed by atoms with Crippen molar-refractivity contribution in [1.29, 1.82) is 0 Å². The van der Waals surface area contributed by atoms with Crippen LogP contribution >= 0.6 is 0 Å². The Morgan fingerprint density at radius 1 is 0.655 bits per heavy atom. The molecule has 0 spiro atoms. The molecule has 5 unspecified atom stereocenters. The first-order valence-electron chi connectivity index (χ1n) is 13.4.